The number of carbonyl (C=O) groups is 2. The number of Topliss-reactive ketones (excluding diaryl/α,β-unsaturated/α-hetero) is 1. The lowest BCUT2D eigenvalue weighted by atomic mass is 10.1. The number of aryl methyl sites for hydroxylation is 1. The van der Waals surface area contributed by atoms with E-state index in [-0.39, 0.29) is 23.5 Å². The van der Waals surface area contributed by atoms with Gasteiger partial charge in [0.2, 0.25) is 0 Å². The number of methoxy groups -OCH3 is 1. The van der Waals surface area contributed by atoms with Crippen molar-refractivity contribution in [3.63, 3.8) is 0 Å². The molecule has 0 aliphatic carbocycles. The standard InChI is InChI=1S/C25H28N4O3S/c1-4-28-23(21-10-7-15-29(21)24(31)20-9-6-5-8-17(20)2)26-27-25(28)33-16-22(30)18-11-13-19(32-3)14-12-18/h5-6,8-9,11-14,21H,4,7,10,15-16H2,1-3H3. The fourth-order valence-corrected chi connectivity index (χ4v) is 5.09. The van der Waals surface area contributed by atoms with Crippen molar-refractivity contribution in [2.45, 2.75) is 44.4 Å². The van der Waals surface area contributed by atoms with Gasteiger partial charge in [0.1, 0.15) is 5.75 Å². The van der Waals surface area contributed by atoms with Gasteiger partial charge >= 0.3 is 0 Å². The van der Waals surface area contributed by atoms with Crippen molar-refractivity contribution in [1.82, 2.24) is 19.7 Å². The summed E-state index contributed by atoms with van der Waals surface area (Å²) in [5, 5.41) is 9.53. The van der Waals surface area contributed by atoms with Gasteiger partial charge in [-0.05, 0) is 62.6 Å². The first-order chi connectivity index (χ1) is 16.0. The van der Waals surface area contributed by atoms with Crippen LogP contribution in [0.1, 0.15) is 57.9 Å². The maximum atomic E-state index is 13.3. The van der Waals surface area contributed by atoms with Gasteiger partial charge in [0.15, 0.2) is 16.8 Å². The molecule has 2 aromatic carbocycles. The van der Waals surface area contributed by atoms with Crippen molar-refractivity contribution in [3.8, 4) is 5.75 Å². The normalized spacial score (nSPS) is 15.6. The first kappa shape index (κ1) is 23.0. The molecular formula is C25H28N4O3S. The van der Waals surface area contributed by atoms with Crippen LogP contribution in [0.3, 0.4) is 0 Å². The van der Waals surface area contributed by atoms with E-state index in [2.05, 4.69) is 10.2 Å². The highest BCUT2D eigenvalue weighted by Crippen LogP contribution is 2.34. The first-order valence-corrected chi connectivity index (χ1v) is 12.1. The highest BCUT2D eigenvalue weighted by molar-refractivity contribution is 7.99. The lowest BCUT2D eigenvalue weighted by Gasteiger charge is -2.25. The van der Waals surface area contributed by atoms with Crippen molar-refractivity contribution >= 4 is 23.5 Å². The van der Waals surface area contributed by atoms with Crippen LogP contribution in [0.2, 0.25) is 0 Å². The predicted octanol–water partition coefficient (Wildman–Crippen LogP) is 4.57. The van der Waals surface area contributed by atoms with Crippen LogP contribution in [0, 0.1) is 6.92 Å². The Morgan fingerprint density at radius 3 is 2.58 bits per heavy atom. The van der Waals surface area contributed by atoms with Gasteiger partial charge in [-0.2, -0.15) is 0 Å². The number of hydrogen-bond donors (Lipinski definition) is 0. The third-order valence-electron chi connectivity index (χ3n) is 5.99. The number of ether oxygens (including phenoxy) is 1. The van der Waals surface area contributed by atoms with Crippen molar-refractivity contribution in [3.05, 3.63) is 71.0 Å². The highest BCUT2D eigenvalue weighted by atomic mass is 32.2. The average Bonchev–Trinajstić information content (AvgIpc) is 3.49. The van der Waals surface area contributed by atoms with E-state index in [0.29, 0.717) is 23.8 Å². The van der Waals surface area contributed by atoms with E-state index in [4.69, 9.17) is 4.74 Å². The molecule has 0 radical (unpaired) electrons. The summed E-state index contributed by atoms with van der Waals surface area (Å²) >= 11 is 1.38. The van der Waals surface area contributed by atoms with Crippen LogP contribution >= 0.6 is 11.8 Å². The maximum absolute atomic E-state index is 13.3. The Morgan fingerprint density at radius 1 is 1.12 bits per heavy atom. The topological polar surface area (TPSA) is 77.3 Å². The number of ketones is 1. The predicted molar refractivity (Wildman–Crippen MR) is 128 cm³/mol. The largest absolute Gasteiger partial charge is 0.497 e. The van der Waals surface area contributed by atoms with E-state index >= 15 is 0 Å². The van der Waals surface area contributed by atoms with Gasteiger partial charge in [-0.25, -0.2) is 0 Å². The summed E-state index contributed by atoms with van der Waals surface area (Å²) in [6, 6.07) is 14.7. The van der Waals surface area contributed by atoms with E-state index in [1.165, 1.54) is 11.8 Å². The Kier molecular flexibility index (Phi) is 7.13. The molecule has 1 atom stereocenters. The van der Waals surface area contributed by atoms with Crippen molar-refractivity contribution in [1.29, 1.82) is 0 Å². The Morgan fingerprint density at radius 2 is 1.88 bits per heavy atom. The Hall–Kier alpha value is -3.13. The summed E-state index contributed by atoms with van der Waals surface area (Å²) in [4.78, 5) is 27.8. The molecule has 33 heavy (non-hydrogen) atoms. The van der Waals surface area contributed by atoms with E-state index in [1.54, 1.807) is 31.4 Å². The molecule has 0 N–H and O–H groups in total. The summed E-state index contributed by atoms with van der Waals surface area (Å²) in [7, 11) is 1.60. The second kappa shape index (κ2) is 10.2. The summed E-state index contributed by atoms with van der Waals surface area (Å²) in [5.74, 6) is 1.82. The van der Waals surface area contributed by atoms with Crippen LogP contribution in [0.4, 0.5) is 0 Å². The average molecular weight is 465 g/mol. The van der Waals surface area contributed by atoms with Crippen LogP contribution in [0.15, 0.2) is 53.7 Å². The summed E-state index contributed by atoms with van der Waals surface area (Å²) < 4.78 is 7.18. The molecule has 0 bridgehead atoms. The number of amides is 1. The minimum Gasteiger partial charge on any atom is -0.497 e. The smallest absolute Gasteiger partial charge is 0.254 e. The van der Waals surface area contributed by atoms with Crippen LogP contribution in [-0.4, -0.2) is 50.8 Å². The molecule has 1 unspecified atom stereocenters. The van der Waals surface area contributed by atoms with E-state index in [9.17, 15) is 9.59 Å². The highest BCUT2D eigenvalue weighted by Gasteiger charge is 2.35. The van der Waals surface area contributed by atoms with Gasteiger partial charge in [-0.1, -0.05) is 30.0 Å². The Bertz CT molecular complexity index is 1140. The molecule has 4 rings (SSSR count). The molecule has 2 heterocycles. The number of thioether (sulfide) groups is 1. The van der Waals surface area contributed by atoms with Crippen LogP contribution in [0.25, 0.3) is 0 Å². The number of aromatic nitrogens is 3. The van der Waals surface area contributed by atoms with E-state index < -0.39 is 0 Å². The van der Waals surface area contributed by atoms with Crippen molar-refractivity contribution in [2.24, 2.45) is 0 Å². The fourth-order valence-electron chi connectivity index (χ4n) is 4.19. The maximum Gasteiger partial charge on any atom is 0.254 e. The monoisotopic (exact) mass is 464 g/mol. The van der Waals surface area contributed by atoms with Gasteiger partial charge in [0.05, 0.1) is 18.9 Å². The molecule has 1 fully saturated rings. The first-order valence-electron chi connectivity index (χ1n) is 11.1. The fraction of sp³-hybridized carbons (Fsp3) is 0.360. The molecule has 7 nitrogen and oxygen atoms in total. The number of hydrogen-bond acceptors (Lipinski definition) is 6. The summed E-state index contributed by atoms with van der Waals surface area (Å²) in [5.41, 5.74) is 2.34. The SMILES string of the molecule is CCn1c(SCC(=O)c2ccc(OC)cc2)nnc1C1CCCN1C(=O)c1ccccc1C. The van der Waals surface area contributed by atoms with Gasteiger partial charge in [-0.3, -0.25) is 9.59 Å². The molecule has 0 saturated carbocycles. The molecule has 8 heteroatoms. The van der Waals surface area contributed by atoms with Crippen molar-refractivity contribution < 1.29 is 14.3 Å². The van der Waals surface area contributed by atoms with Crippen LogP contribution < -0.4 is 4.74 Å². The number of benzene rings is 2. The van der Waals surface area contributed by atoms with Gasteiger partial charge in [0.25, 0.3) is 5.91 Å². The van der Waals surface area contributed by atoms with E-state index in [1.807, 2.05) is 47.6 Å². The molecule has 172 valence electrons. The van der Waals surface area contributed by atoms with Gasteiger partial charge < -0.3 is 14.2 Å². The Balaban J connectivity index is 1.50. The number of likely N-dealkylation sites (tertiary alicyclic amines) is 1. The molecule has 1 aliphatic heterocycles. The van der Waals surface area contributed by atoms with Crippen LogP contribution in [-0.2, 0) is 6.54 Å². The zero-order valence-corrected chi connectivity index (χ0v) is 20.0. The zero-order valence-electron chi connectivity index (χ0n) is 19.2. The van der Waals surface area contributed by atoms with Gasteiger partial charge in [0, 0.05) is 24.2 Å². The molecule has 1 saturated heterocycles. The number of carbonyl (C=O) groups excluding carboxylic acids is 2. The molecule has 1 amide bonds. The minimum absolute atomic E-state index is 0.0204. The second-order valence-corrected chi connectivity index (χ2v) is 8.94. The second-order valence-electron chi connectivity index (χ2n) is 8.00. The molecule has 3 aromatic rings. The van der Waals surface area contributed by atoms with Crippen molar-refractivity contribution in [2.75, 3.05) is 19.4 Å². The molecule has 1 aromatic heterocycles. The lowest BCUT2D eigenvalue weighted by Crippen LogP contribution is -2.32. The van der Waals surface area contributed by atoms with E-state index in [0.717, 1.165) is 35.5 Å². The zero-order chi connectivity index (χ0) is 23.4. The number of nitrogens with zero attached hydrogens (tertiary/aromatic N) is 4. The Labute approximate surface area is 198 Å². The summed E-state index contributed by atoms with van der Waals surface area (Å²) in [6.45, 7) is 5.36. The number of rotatable bonds is 8. The summed E-state index contributed by atoms with van der Waals surface area (Å²) in [6.07, 6.45) is 1.78. The van der Waals surface area contributed by atoms with Crippen LogP contribution in [0.5, 0.6) is 5.75 Å². The third-order valence-corrected chi connectivity index (χ3v) is 6.96. The molecule has 0 spiro atoms. The molecule has 1 aliphatic rings. The minimum atomic E-state index is -0.115. The third kappa shape index (κ3) is 4.80. The van der Waals surface area contributed by atoms with Gasteiger partial charge in [-0.15, -0.1) is 10.2 Å². The lowest BCUT2D eigenvalue weighted by molar-refractivity contribution is 0.0726. The quantitative estimate of drug-likeness (QED) is 0.359. The molecular weight excluding hydrogens is 436 g/mol.